The van der Waals surface area contributed by atoms with E-state index in [-0.39, 0.29) is 17.7 Å². The number of benzene rings is 1. The van der Waals surface area contributed by atoms with Gasteiger partial charge in [0.25, 0.3) is 5.91 Å². The van der Waals surface area contributed by atoms with Crippen molar-refractivity contribution < 1.29 is 27.5 Å². The van der Waals surface area contributed by atoms with Crippen LogP contribution in [0.5, 0.6) is 5.75 Å². The summed E-state index contributed by atoms with van der Waals surface area (Å²) >= 11 is 0. The van der Waals surface area contributed by atoms with Crippen LogP contribution < -0.4 is 10.1 Å². The Morgan fingerprint density at radius 1 is 1.36 bits per heavy atom. The third-order valence-electron chi connectivity index (χ3n) is 3.82. The fourth-order valence-corrected chi connectivity index (χ4v) is 2.80. The molecule has 0 spiro atoms. The van der Waals surface area contributed by atoms with Crippen molar-refractivity contribution in [1.29, 1.82) is 0 Å². The smallest absolute Gasteiger partial charge is 0.420 e. The van der Waals surface area contributed by atoms with Crippen LogP contribution in [0.1, 0.15) is 15.9 Å². The van der Waals surface area contributed by atoms with Crippen LogP contribution >= 0.6 is 0 Å². The van der Waals surface area contributed by atoms with Gasteiger partial charge in [0.05, 0.1) is 0 Å². The summed E-state index contributed by atoms with van der Waals surface area (Å²) in [5.74, 6) is -2.61. The zero-order chi connectivity index (χ0) is 15.9. The lowest BCUT2D eigenvalue weighted by molar-refractivity contribution is -0.189. The van der Waals surface area contributed by atoms with Crippen molar-refractivity contribution in [3.05, 3.63) is 29.3 Å². The van der Waals surface area contributed by atoms with Gasteiger partial charge >= 0.3 is 12.1 Å². The van der Waals surface area contributed by atoms with Crippen LogP contribution in [0.25, 0.3) is 0 Å². The minimum Gasteiger partial charge on any atom is -0.420 e. The summed E-state index contributed by atoms with van der Waals surface area (Å²) in [6, 6.07) is 3.93. The van der Waals surface area contributed by atoms with E-state index in [1.807, 2.05) is 0 Å². The van der Waals surface area contributed by atoms with Crippen LogP contribution in [0, 0.1) is 0 Å². The Kier molecular flexibility index (Phi) is 3.56. The number of hydrogen-bond acceptors (Lipinski definition) is 4. The minimum atomic E-state index is -5.05. The Bertz CT molecular complexity index is 630. The molecule has 22 heavy (non-hydrogen) atoms. The topological polar surface area (TPSA) is 58.6 Å². The van der Waals surface area contributed by atoms with E-state index in [0.717, 1.165) is 6.54 Å². The van der Waals surface area contributed by atoms with E-state index in [1.165, 1.54) is 18.2 Å². The number of amides is 1. The van der Waals surface area contributed by atoms with Crippen LogP contribution in [0.4, 0.5) is 13.2 Å². The van der Waals surface area contributed by atoms with Gasteiger partial charge in [-0.2, -0.15) is 13.2 Å². The SMILES string of the molecule is O=C1c2ccc(OC(=O)C(F)(F)F)cc2C[C@@H]2CNCCN12. The number of fused-ring (bicyclic) bond motifs is 2. The van der Waals surface area contributed by atoms with E-state index in [1.54, 1.807) is 4.90 Å². The molecule has 1 atom stereocenters. The fourth-order valence-electron chi connectivity index (χ4n) is 2.80. The maximum atomic E-state index is 12.4. The molecule has 118 valence electrons. The predicted octanol–water partition coefficient (Wildman–Crippen LogP) is 1.12. The summed E-state index contributed by atoms with van der Waals surface area (Å²) in [6.45, 7) is 1.96. The Labute approximate surface area is 124 Å². The van der Waals surface area contributed by atoms with Gasteiger partial charge in [0, 0.05) is 31.2 Å². The second-order valence-corrected chi connectivity index (χ2v) is 5.27. The van der Waals surface area contributed by atoms with Crippen LogP contribution in [0.2, 0.25) is 0 Å². The third-order valence-corrected chi connectivity index (χ3v) is 3.82. The van der Waals surface area contributed by atoms with Crippen LogP contribution in [0.3, 0.4) is 0 Å². The molecule has 8 heteroatoms. The normalized spacial score (nSPS) is 21.1. The third kappa shape index (κ3) is 2.66. The number of ether oxygens (including phenoxy) is 1. The van der Waals surface area contributed by atoms with E-state index in [2.05, 4.69) is 10.1 Å². The largest absolute Gasteiger partial charge is 0.491 e. The summed E-state index contributed by atoms with van der Waals surface area (Å²) in [6.07, 6.45) is -4.53. The van der Waals surface area contributed by atoms with Crippen molar-refractivity contribution >= 4 is 11.9 Å². The van der Waals surface area contributed by atoms with Crippen molar-refractivity contribution in [2.45, 2.75) is 18.6 Å². The Morgan fingerprint density at radius 2 is 2.14 bits per heavy atom. The van der Waals surface area contributed by atoms with Crippen molar-refractivity contribution in [3.8, 4) is 5.75 Å². The van der Waals surface area contributed by atoms with Gasteiger partial charge in [-0.1, -0.05) is 0 Å². The highest BCUT2D eigenvalue weighted by Crippen LogP contribution is 2.28. The first-order chi connectivity index (χ1) is 10.4. The second kappa shape index (κ2) is 5.28. The molecule has 2 aliphatic rings. The average Bonchev–Trinajstić information content (AvgIpc) is 2.46. The van der Waals surface area contributed by atoms with Gasteiger partial charge in [0.2, 0.25) is 0 Å². The van der Waals surface area contributed by atoms with Gasteiger partial charge in [-0.25, -0.2) is 4.79 Å². The van der Waals surface area contributed by atoms with E-state index in [9.17, 15) is 22.8 Å². The molecule has 1 aromatic carbocycles. The number of nitrogens with one attached hydrogen (secondary N) is 1. The van der Waals surface area contributed by atoms with Gasteiger partial charge in [-0.3, -0.25) is 4.79 Å². The lowest BCUT2D eigenvalue weighted by Crippen LogP contribution is -2.56. The van der Waals surface area contributed by atoms with E-state index < -0.39 is 12.1 Å². The highest BCUT2D eigenvalue weighted by molar-refractivity contribution is 5.97. The molecule has 0 unspecified atom stereocenters. The van der Waals surface area contributed by atoms with Gasteiger partial charge < -0.3 is 15.0 Å². The Morgan fingerprint density at radius 3 is 2.86 bits per heavy atom. The van der Waals surface area contributed by atoms with Crippen molar-refractivity contribution in [2.24, 2.45) is 0 Å². The first-order valence-electron chi connectivity index (χ1n) is 6.80. The number of hydrogen-bond donors (Lipinski definition) is 1. The van der Waals surface area contributed by atoms with Crippen LogP contribution in [0.15, 0.2) is 18.2 Å². The molecule has 0 aromatic heterocycles. The van der Waals surface area contributed by atoms with E-state index in [4.69, 9.17) is 0 Å². The number of esters is 1. The monoisotopic (exact) mass is 314 g/mol. The molecule has 1 amide bonds. The summed E-state index contributed by atoms with van der Waals surface area (Å²) < 4.78 is 41.0. The number of carbonyl (C=O) groups excluding carboxylic acids is 2. The molecular weight excluding hydrogens is 301 g/mol. The zero-order valence-corrected chi connectivity index (χ0v) is 11.4. The maximum absolute atomic E-state index is 12.4. The molecule has 3 rings (SSSR count). The molecule has 2 heterocycles. The quantitative estimate of drug-likeness (QED) is 0.623. The number of rotatable bonds is 1. The number of alkyl halides is 3. The van der Waals surface area contributed by atoms with Gasteiger partial charge in [-0.05, 0) is 30.2 Å². The fraction of sp³-hybridized carbons (Fsp3) is 0.429. The predicted molar refractivity (Wildman–Crippen MR) is 69.5 cm³/mol. The molecule has 0 bridgehead atoms. The van der Waals surface area contributed by atoms with Crippen LogP contribution in [-0.2, 0) is 11.2 Å². The van der Waals surface area contributed by atoms with Gasteiger partial charge in [0.15, 0.2) is 0 Å². The van der Waals surface area contributed by atoms with Crippen molar-refractivity contribution in [1.82, 2.24) is 10.2 Å². The molecule has 0 radical (unpaired) electrons. The first-order valence-corrected chi connectivity index (χ1v) is 6.80. The standard InChI is InChI=1S/C14H13F3N2O3/c15-14(16,17)13(21)22-10-1-2-11-8(6-10)5-9-7-18-3-4-19(9)12(11)20/h1-2,6,9,18H,3-5,7H2/t9-/m1/s1. The Hall–Kier alpha value is -2.09. The zero-order valence-electron chi connectivity index (χ0n) is 11.4. The molecule has 1 saturated heterocycles. The highest BCUT2D eigenvalue weighted by Gasteiger charge is 2.41. The molecular formula is C14H13F3N2O3. The molecule has 1 fully saturated rings. The number of carbonyl (C=O) groups is 2. The molecule has 2 aliphatic heterocycles. The number of halogens is 3. The lowest BCUT2D eigenvalue weighted by atomic mass is 9.92. The number of nitrogens with zero attached hydrogens (tertiary/aromatic N) is 1. The summed E-state index contributed by atoms with van der Waals surface area (Å²) in [7, 11) is 0. The van der Waals surface area contributed by atoms with Crippen LogP contribution in [-0.4, -0.2) is 48.6 Å². The summed E-state index contributed by atoms with van der Waals surface area (Å²) in [5.41, 5.74) is 1.05. The minimum absolute atomic E-state index is 0.0256. The molecule has 0 aliphatic carbocycles. The second-order valence-electron chi connectivity index (χ2n) is 5.27. The maximum Gasteiger partial charge on any atom is 0.491 e. The highest BCUT2D eigenvalue weighted by atomic mass is 19.4. The lowest BCUT2D eigenvalue weighted by Gasteiger charge is -2.40. The Balaban J connectivity index is 1.85. The molecule has 5 nitrogen and oxygen atoms in total. The van der Waals surface area contributed by atoms with E-state index >= 15 is 0 Å². The average molecular weight is 314 g/mol. The molecule has 0 saturated carbocycles. The van der Waals surface area contributed by atoms with E-state index in [0.29, 0.717) is 30.6 Å². The van der Waals surface area contributed by atoms with Crippen molar-refractivity contribution in [3.63, 3.8) is 0 Å². The van der Waals surface area contributed by atoms with Gasteiger partial charge in [-0.15, -0.1) is 0 Å². The first kappa shape index (κ1) is 14.8. The molecule has 1 aromatic rings. The summed E-state index contributed by atoms with van der Waals surface area (Å²) in [5, 5.41) is 3.17. The van der Waals surface area contributed by atoms with Crippen molar-refractivity contribution in [2.75, 3.05) is 19.6 Å². The number of piperazine rings is 1. The van der Waals surface area contributed by atoms with Gasteiger partial charge in [0.1, 0.15) is 5.75 Å². The molecule has 1 N–H and O–H groups in total. The summed E-state index contributed by atoms with van der Waals surface area (Å²) in [4.78, 5) is 25.0.